The van der Waals surface area contributed by atoms with E-state index in [1.807, 2.05) is 11.9 Å². The fourth-order valence-electron chi connectivity index (χ4n) is 0.981. The fourth-order valence-corrected chi connectivity index (χ4v) is 1.73. The third-order valence-corrected chi connectivity index (χ3v) is 2.64. The monoisotopic (exact) mass is 188 g/mol. The van der Waals surface area contributed by atoms with E-state index in [4.69, 9.17) is 5.11 Å². The van der Waals surface area contributed by atoms with Gasteiger partial charge in [0.2, 0.25) is 0 Å². The second-order valence-electron chi connectivity index (χ2n) is 2.62. The molecule has 0 bridgehead atoms. The van der Waals surface area contributed by atoms with Gasteiger partial charge in [0.1, 0.15) is 0 Å². The molecule has 12 heavy (non-hydrogen) atoms. The Bertz CT molecular complexity index is 206. The number of hydrogen-bond donors (Lipinski definition) is 1. The highest BCUT2D eigenvalue weighted by Gasteiger charge is 2.12. The molecule has 0 radical (unpaired) electrons. The quantitative estimate of drug-likeness (QED) is 0.685. The number of carboxylic acids is 1. The third-order valence-electron chi connectivity index (χ3n) is 1.55. The number of carboxylic acid groups (broad SMARTS) is 1. The molecule has 0 atom stereocenters. The maximum Gasteiger partial charge on any atom is 0.313 e. The molecular formula is C7H12N2O2S. The van der Waals surface area contributed by atoms with Gasteiger partial charge in [-0.1, -0.05) is 11.8 Å². The minimum absolute atomic E-state index is 0.100. The average molecular weight is 188 g/mol. The summed E-state index contributed by atoms with van der Waals surface area (Å²) in [4.78, 5) is 16.5. The van der Waals surface area contributed by atoms with Crippen LogP contribution in [-0.4, -0.2) is 47.0 Å². The van der Waals surface area contributed by atoms with Crippen molar-refractivity contribution in [3.05, 3.63) is 0 Å². The summed E-state index contributed by atoms with van der Waals surface area (Å²) in [5.41, 5.74) is 0. The van der Waals surface area contributed by atoms with E-state index in [-0.39, 0.29) is 5.75 Å². The van der Waals surface area contributed by atoms with E-state index in [0.717, 1.165) is 24.7 Å². The van der Waals surface area contributed by atoms with Crippen LogP contribution in [0.3, 0.4) is 0 Å². The smallest absolute Gasteiger partial charge is 0.313 e. The number of nitrogens with zero attached hydrogens (tertiary/aromatic N) is 2. The zero-order valence-electron chi connectivity index (χ0n) is 6.99. The first kappa shape index (κ1) is 9.38. The van der Waals surface area contributed by atoms with Crippen LogP contribution in [0.2, 0.25) is 0 Å². The van der Waals surface area contributed by atoms with Crippen LogP contribution in [0.4, 0.5) is 0 Å². The van der Waals surface area contributed by atoms with Crippen molar-refractivity contribution in [2.24, 2.45) is 4.99 Å². The van der Waals surface area contributed by atoms with Crippen LogP contribution in [0, 0.1) is 0 Å². The number of rotatable bonds is 2. The van der Waals surface area contributed by atoms with Gasteiger partial charge in [-0.15, -0.1) is 0 Å². The number of carbonyl (C=O) groups is 1. The largest absolute Gasteiger partial charge is 0.481 e. The van der Waals surface area contributed by atoms with Gasteiger partial charge < -0.3 is 10.0 Å². The molecule has 0 fully saturated rings. The van der Waals surface area contributed by atoms with Crippen LogP contribution in [0.15, 0.2) is 4.99 Å². The summed E-state index contributed by atoms with van der Waals surface area (Å²) in [6.45, 7) is 1.80. The maximum atomic E-state index is 10.3. The average Bonchev–Trinajstić information content (AvgIpc) is 2.03. The maximum absolute atomic E-state index is 10.3. The molecule has 1 rings (SSSR count). The van der Waals surface area contributed by atoms with Gasteiger partial charge in [-0.2, -0.15) is 0 Å². The van der Waals surface area contributed by atoms with E-state index in [9.17, 15) is 4.79 Å². The Morgan fingerprint density at radius 2 is 2.58 bits per heavy atom. The molecule has 68 valence electrons. The van der Waals surface area contributed by atoms with Crippen molar-refractivity contribution < 1.29 is 9.90 Å². The summed E-state index contributed by atoms with van der Waals surface area (Å²) in [6, 6.07) is 0. The first-order chi connectivity index (χ1) is 5.70. The van der Waals surface area contributed by atoms with Gasteiger partial charge in [0.25, 0.3) is 0 Å². The lowest BCUT2D eigenvalue weighted by atomic mass is 10.4. The van der Waals surface area contributed by atoms with Crippen LogP contribution < -0.4 is 0 Å². The summed E-state index contributed by atoms with van der Waals surface area (Å²) >= 11 is 1.29. The molecule has 1 N–H and O–H groups in total. The molecular weight excluding hydrogens is 176 g/mol. The van der Waals surface area contributed by atoms with Gasteiger partial charge in [0, 0.05) is 20.1 Å². The third kappa shape index (κ3) is 2.73. The number of hydrogen-bond acceptors (Lipinski definition) is 4. The zero-order valence-corrected chi connectivity index (χ0v) is 7.80. The van der Waals surface area contributed by atoms with Gasteiger partial charge in [-0.3, -0.25) is 9.79 Å². The molecule has 0 unspecified atom stereocenters. The van der Waals surface area contributed by atoms with Crippen LogP contribution in [0.25, 0.3) is 0 Å². The van der Waals surface area contributed by atoms with Crippen molar-refractivity contribution in [2.45, 2.75) is 6.42 Å². The molecule has 0 spiro atoms. The first-order valence-electron chi connectivity index (χ1n) is 3.80. The van der Waals surface area contributed by atoms with Crippen LogP contribution in [0.5, 0.6) is 0 Å². The molecule has 1 heterocycles. The number of aliphatic carboxylic acids is 1. The highest BCUT2D eigenvalue weighted by Crippen LogP contribution is 2.11. The van der Waals surface area contributed by atoms with Gasteiger partial charge in [0.05, 0.1) is 5.75 Å². The standard InChI is InChI=1S/C7H12N2O2S/c1-9-4-2-3-8-7(9)12-5-6(10)11/h2-5H2,1H3,(H,10,11). The molecule has 0 amide bonds. The van der Waals surface area contributed by atoms with E-state index >= 15 is 0 Å². The molecule has 0 aromatic rings. The van der Waals surface area contributed by atoms with Gasteiger partial charge in [0.15, 0.2) is 5.17 Å². The Balaban J connectivity index is 2.39. The van der Waals surface area contributed by atoms with E-state index < -0.39 is 5.97 Å². The zero-order chi connectivity index (χ0) is 8.97. The predicted molar refractivity (Wildman–Crippen MR) is 49.6 cm³/mol. The topological polar surface area (TPSA) is 52.9 Å². The molecule has 1 aliphatic rings. The molecule has 4 nitrogen and oxygen atoms in total. The molecule has 5 heteroatoms. The minimum atomic E-state index is -0.790. The van der Waals surface area contributed by atoms with E-state index in [1.165, 1.54) is 11.8 Å². The molecule has 0 saturated carbocycles. The highest BCUT2D eigenvalue weighted by molar-refractivity contribution is 8.14. The number of amidine groups is 1. The Morgan fingerprint density at radius 3 is 3.17 bits per heavy atom. The van der Waals surface area contributed by atoms with Crippen molar-refractivity contribution in [1.29, 1.82) is 0 Å². The molecule has 0 aliphatic carbocycles. The second kappa shape index (κ2) is 4.35. The van der Waals surface area contributed by atoms with Crippen LogP contribution in [-0.2, 0) is 4.79 Å². The summed E-state index contributed by atoms with van der Waals surface area (Å²) < 4.78 is 0. The van der Waals surface area contributed by atoms with E-state index in [2.05, 4.69) is 4.99 Å². The number of thioether (sulfide) groups is 1. The summed E-state index contributed by atoms with van der Waals surface area (Å²) in [6.07, 6.45) is 1.06. The molecule has 1 aliphatic heterocycles. The normalized spacial score (nSPS) is 17.4. The predicted octanol–water partition coefficient (Wildman–Crippen LogP) is 0.496. The van der Waals surface area contributed by atoms with Crippen LogP contribution in [0.1, 0.15) is 6.42 Å². The Morgan fingerprint density at radius 1 is 1.83 bits per heavy atom. The highest BCUT2D eigenvalue weighted by atomic mass is 32.2. The first-order valence-corrected chi connectivity index (χ1v) is 4.79. The lowest BCUT2D eigenvalue weighted by Gasteiger charge is -2.23. The van der Waals surface area contributed by atoms with Crippen molar-refractivity contribution in [3.63, 3.8) is 0 Å². The lowest BCUT2D eigenvalue weighted by Crippen LogP contribution is -2.30. The SMILES string of the molecule is CN1CCCN=C1SCC(=O)O. The second-order valence-corrected chi connectivity index (χ2v) is 3.56. The minimum Gasteiger partial charge on any atom is -0.481 e. The Kier molecular flexibility index (Phi) is 3.40. The van der Waals surface area contributed by atoms with Crippen molar-refractivity contribution in [2.75, 3.05) is 25.9 Å². The lowest BCUT2D eigenvalue weighted by molar-refractivity contribution is -0.133. The van der Waals surface area contributed by atoms with Crippen molar-refractivity contribution in [1.82, 2.24) is 4.90 Å². The van der Waals surface area contributed by atoms with Gasteiger partial charge >= 0.3 is 5.97 Å². The summed E-state index contributed by atoms with van der Waals surface area (Å²) in [5.74, 6) is -0.690. The summed E-state index contributed by atoms with van der Waals surface area (Å²) in [7, 11) is 1.94. The Hall–Kier alpha value is -0.710. The fraction of sp³-hybridized carbons (Fsp3) is 0.714. The summed E-state index contributed by atoms with van der Waals surface area (Å²) in [5, 5.41) is 9.29. The van der Waals surface area contributed by atoms with Crippen molar-refractivity contribution >= 4 is 22.9 Å². The van der Waals surface area contributed by atoms with Crippen molar-refractivity contribution in [3.8, 4) is 0 Å². The molecule has 0 aromatic carbocycles. The molecule has 0 saturated heterocycles. The van der Waals surface area contributed by atoms with E-state index in [1.54, 1.807) is 0 Å². The number of aliphatic imine (C=N–C) groups is 1. The molecule has 0 aromatic heterocycles. The van der Waals surface area contributed by atoms with Gasteiger partial charge in [-0.25, -0.2) is 0 Å². The van der Waals surface area contributed by atoms with Gasteiger partial charge in [-0.05, 0) is 6.42 Å². The van der Waals surface area contributed by atoms with Crippen LogP contribution >= 0.6 is 11.8 Å². The Labute approximate surface area is 75.7 Å². The van der Waals surface area contributed by atoms with E-state index in [0.29, 0.717) is 0 Å².